The number of H-pyrrole nitrogens is 1. The van der Waals surface area contributed by atoms with Crippen molar-refractivity contribution in [3.63, 3.8) is 0 Å². The molecule has 0 radical (unpaired) electrons. The summed E-state index contributed by atoms with van der Waals surface area (Å²) in [6, 6.07) is 23.5. The van der Waals surface area contributed by atoms with Crippen LogP contribution in [0.15, 0.2) is 91.4 Å². The SMILES string of the molecule is CN(Cc1ccccc1)CC(NC(=O)OCC1c2ccccc2-c2ccccc21)C(=O)NC(Cc1cnc[nH]1)C(=O)O. The number of nitrogens with one attached hydrogen (secondary N) is 3. The smallest absolute Gasteiger partial charge is 0.407 e. The van der Waals surface area contributed by atoms with E-state index in [0.29, 0.717) is 12.2 Å². The highest BCUT2D eigenvalue weighted by Gasteiger charge is 2.31. The molecule has 1 aliphatic carbocycles. The lowest BCUT2D eigenvalue weighted by molar-refractivity contribution is -0.142. The molecule has 216 valence electrons. The number of carbonyl (C=O) groups is 3. The number of likely N-dealkylation sites (N-methyl/N-ethyl adjacent to an activating group) is 1. The van der Waals surface area contributed by atoms with Gasteiger partial charge in [-0.05, 0) is 34.9 Å². The third-order valence-electron chi connectivity index (χ3n) is 7.34. The predicted octanol–water partition coefficient (Wildman–Crippen LogP) is 3.56. The number of aromatic amines is 1. The van der Waals surface area contributed by atoms with E-state index in [4.69, 9.17) is 4.74 Å². The van der Waals surface area contributed by atoms with Gasteiger partial charge in [0.25, 0.3) is 0 Å². The molecule has 1 heterocycles. The van der Waals surface area contributed by atoms with Crippen molar-refractivity contribution in [3.05, 3.63) is 114 Å². The summed E-state index contributed by atoms with van der Waals surface area (Å²) in [7, 11) is 1.83. The molecule has 4 aromatic rings. The van der Waals surface area contributed by atoms with Gasteiger partial charge >= 0.3 is 12.1 Å². The zero-order chi connectivity index (χ0) is 29.5. The number of rotatable bonds is 12. The summed E-state index contributed by atoms with van der Waals surface area (Å²) in [5.74, 6) is -1.97. The lowest BCUT2D eigenvalue weighted by atomic mass is 9.98. The molecule has 0 spiro atoms. The van der Waals surface area contributed by atoms with Gasteiger partial charge in [-0.3, -0.25) is 9.69 Å². The lowest BCUT2D eigenvalue weighted by Gasteiger charge is -2.26. The van der Waals surface area contributed by atoms with Crippen molar-refractivity contribution in [2.24, 2.45) is 0 Å². The van der Waals surface area contributed by atoms with E-state index in [9.17, 15) is 19.5 Å². The van der Waals surface area contributed by atoms with E-state index >= 15 is 0 Å². The Morgan fingerprint density at radius 3 is 2.19 bits per heavy atom. The van der Waals surface area contributed by atoms with Crippen LogP contribution >= 0.6 is 0 Å². The summed E-state index contributed by atoms with van der Waals surface area (Å²) in [6.07, 6.45) is 2.20. The lowest BCUT2D eigenvalue weighted by Crippen LogP contribution is -2.55. The van der Waals surface area contributed by atoms with Crippen LogP contribution in [0.4, 0.5) is 4.79 Å². The van der Waals surface area contributed by atoms with Gasteiger partial charge in [0.1, 0.15) is 18.7 Å². The Morgan fingerprint density at radius 2 is 1.57 bits per heavy atom. The molecule has 42 heavy (non-hydrogen) atoms. The summed E-state index contributed by atoms with van der Waals surface area (Å²) in [6.45, 7) is 0.737. The van der Waals surface area contributed by atoms with Crippen LogP contribution in [0, 0.1) is 0 Å². The standard InChI is InChI=1S/C32H33N5O5/c1-37(17-21-9-3-2-4-10-21)18-29(30(38)35-28(31(39)40)15-22-16-33-20-34-22)36-32(41)42-19-27-25-13-7-5-11-23(25)24-12-6-8-14-26(24)27/h2-14,16,20,27-29H,15,17-19H2,1H3,(H,33,34)(H,35,38)(H,36,41)(H,39,40). The van der Waals surface area contributed by atoms with Crippen LogP contribution in [0.25, 0.3) is 11.1 Å². The molecule has 2 unspecified atom stereocenters. The number of hydrogen-bond donors (Lipinski definition) is 4. The molecule has 0 saturated carbocycles. The Morgan fingerprint density at radius 1 is 0.929 bits per heavy atom. The fourth-order valence-corrected chi connectivity index (χ4v) is 5.34. The molecule has 4 N–H and O–H groups in total. The molecule has 0 aliphatic heterocycles. The van der Waals surface area contributed by atoms with Gasteiger partial charge in [0.15, 0.2) is 0 Å². The highest BCUT2D eigenvalue weighted by molar-refractivity contribution is 5.89. The van der Waals surface area contributed by atoms with Crippen molar-refractivity contribution in [3.8, 4) is 11.1 Å². The molecule has 10 nitrogen and oxygen atoms in total. The normalized spacial score (nSPS) is 13.6. The number of carboxylic acids is 1. The van der Waals surface area contributed by atoms with Gasteiger partial charge in [0, 0.05) is 37.3 Å². The van der Waals surface area contributed by atoms with Crippen LogP contribution in [0.3, 0.4) is 0 Å². The Balaban J connectivity index is 1.27. The van der Waals surface area contributed by atoms with Gasteiger partial charge in [0.05, 0.1) is 6.33 Å². The molecule has 0 saturated heterocycles. The van der Waals surface area contributed by atoms with Crippen LogP contribution in [0.2, 0.25) is 0 Å². The average molecular weight is 568 g/mol. The van der Waals surface area contributed by atoms with Gasteiger partial charge in [-0.25, -0.2) is 14.6 Å². The maximum Gasteiger partial charge on any atom is 0.407 e. The predicted molar refractivity (Wildman–Crippen MR) is 157 cm³/mol. The second kappa shape index (κ2) is 13.1. The summed E-state index contributed by atoms with van der Waals surface area (Å²) in [4.78, 5) is 47.1. The maximum atomic E-state index is 13.4. The number of carbonyl (C=O) groups excluding carboxylic acids is 2. The van der Waals surface area contributed by atoms with E-state index in [1.165, 1.54) is 12.5 Å². The first-order valence-corrected chi connectivity index (χ1v) is 13.7. The molecule has 0 bridgehead atoms. The number of fused-ring (bicyclic) bond motifs is 3. The van der Waals surface area contributed by atoms with E-state index in [1.54, 1.807) is 0 Å². The highest BCUT2D eigenvalue weighted by Crippen LogP contribution is 2.44. The zero-order valence-corrected chi connectivity index (χ0v) is 23.2. The summed E-state index contributed by atoms with van der Waals surface area (Å²) >= 11 is 0. The second-order valence-electron chi connectivity index (χ2n) is 10.4. The fraction of sp³-hybridized carbons (Fsp3) is 0.250. The molecule has 2 atom stereocenters. The molecule has 10 heteroatoms. The van der Waals surface area contributed by atoms with Crippen LogP contribution in [0.1, 0.15) is 28.3 Å². The Labute approximate surface area is 243 Å². The third-order valence-corrected chi connectivity index (χ3v) is 7.34. The maximum absolute atomic E-state index is 13.4. The zero-order valence-electron chi connectivity index (χ0n) is 23.2. The molecule has 1 aromatic heterocycles. The van der Waals surface area contributed by atoms with Gasteiger partial charge in [-0.1, -0.05) is 78.9 Å². The number of aromatic nitrogens is 2. The molecule has 1 aliphatic rings. The monoisotopic (exact) mass is 567 g/mol. The van der Waals surface area contributed by atoms with Crippen LogP contribution in [0.5, 0.6) is 0 Å². The molecule has 2 amide bonds. The van der Waals surface area contributed by atoms with E-state index in [-0.39, 0.29) is 25.5 Å². The van der Waals surface area contributed by atoms with E-state index in [1.807, 2.05) is 78.7 Å². The van der Waals surface area contributed by atoms with Gasteiger partial charge in [0.2, 0.25) is 5.91 Å². The van der Waals surface area contributed by atoms with Crippen LogP contribution < -0.4 is 10.6 Å². The third kappa shape index (κ3) is 6.84. The largest absolute Gasteiger partial charge is 0.480 e. The molecule has 0 fully saturated rings. The number of alkyl carbamates (subject to hydrolysis) is 1. The first kappa shape index (κ1) is 28.6. The van der Waals surface area contributed by atoms with Crippen molar-refractivity contribution in [2.75, 3.05) is 20.2 Å². The minimum atomic E-state index is -1.22. The Hall–Kier alpha value is -4.96. The van der Waals surface area contributed by atoms with Crippen molar-refractivity contribution < 1.29 is 24.2 Å². The van der Waals surface area contributed by atoms with Crippen LogP contribution in [-0.4, -0.2) is 70.2 Å². The number of amides is 2. The van der Waals surface area contributed by atoms with E-state index in [2.05, 4.69) is 32.7 Å². The van der Waals surface area contributed by atoms with Gasteiger partial charge in [-0.2, -0.15) is 0 Å². The Bertz CT molecular complexity index is 1480. The molecular weight excluding hydrogens is 534 g/mol. The molecular formula is C32H33N5O5. The number of aliphatic carboxylic acids is 1. The minimum Gasteiger partial charge on any atom is -0.480 e. The fourth-order valence-electron chi connectivity index (χ4n) is 5.34. The minimum absolute atomic E-state index is 0.0125. The van der Waals surface area contributed by atoms with E-state index < -0.39 is 30.1 Å². The van der Waals surface area contributed by atoms with Crippen molar-refractivity contribution in [2.45, 2.75) is 31.0 Å². The van der Waals surface area contributed by atoms with E-state index in [0.717, 1.165) is 27.8 Å². The van der Waals surface area contributed by atoms with Gasteiger partial charge in [-0.15, -0.1) is 0 Å². The molecule has 5 rings (SSSR count). The topological polar surface area (TPSA) is 137 Å². The number of benzene rings is 3. The number of hydrogen-bond acceptors (Lipinski definition) is 6. The average Bonchev–Trinajstić information content (AvgIpc) is 3.62. The first-order valence-electron chi connectivity index (χ1n) is 13.7. The van der Waals surface area contributed by atoms with Crippen LogP contribution in [-0.2, 0) is 27.3 Å². The summed E-state index contributed by atoms with van der Waals surface area (Å²) < 4.78 is 5.68. The number of ether oxygens (including phenoxy) is 1. The molecule has 3 aromatic carbocycles. The quantitative estimate of drug-likeness (QED) is 0.206. The first-order chi connectivity index (χ1) is 20.4. The summed E-state index contributed by atoms with van der Waals surface area (Å²) in [5, 5.41) is 15.0. The second-order valence-corrected chi connectivity index (χ2v) is 10.4. The van der Waals surface area contributed by atoms with Crippen molar-refractivity contribution >= 4 is 18.0 Å². The highest BCUT2D eigenvalue weighted by atomic mass is 16.5. The number of carboxylic acid groups (broad SMARTS) is 1. The number of imidazole rings is 1. The van der Waals surface area contributed by atoms with Crippen molar-refractivity contribution in [1.82, 2.24) is 25.5 Å². The Kier molecular flexibility index (Phi) is 8.93. The van der Waals surface area contributed by atoms with Gasteiger partial charge < -0.3 is 25.5 Å². The summed E-state index contributed by atoms with van der Waals surface area (Å²) in [5.41, 5.74) is 5.96. The number of nitrogens with zero attached hydrogens (tertiary/aromatic N) is 2. The van der Waals surface area contributed by atoms with Crippen molar-refractivity contribution in [1.29, 1.82) is 0 Å².